The number of piperidine rings is 1. The van der Waals surface area contributed by atoms with Crippen LogP contribution in [0, 0.1) is 5.92 Å². The molecule has 0 N–H and O–H groups in total. The predicted octanol–water partition coefficient (Wildman–Crippen LogP) is 2.13. The van der Waals surface area contributed by atoms with Gasteiger partial charge < -0.3 is 4.74 Å². The van der Waals surface area contributed by atoms with Crippen LogP contribution in [-0.2, 0) is 4.74 Å². The molecule has 0 radical (unpaired) electrons. The Kier molecular flexibility index (Phi) is 4.70. The highest BCUT2D eigenvalue weighted by Gasteiger charge is 2.26. The first kappa shape index (κ1) is 11.5. The molecule has 13 heavy (non-hydrogen) atoms. The SMILES string of the molecule is COCC(C)N1CCC(C)C(Br)C1. The highest BCUT2D eigenvalue weighted by molar-refractivity contribution is 9.09. The fourth-order valence-corrected chi connectivity index (χ4v) is 2.43. The summed E-state index contributed by atoms with van der Waals surface area (Å²) in [5, 5.41) is 0. The zero-order valence-electron chi connectivity index (χ0n) is 8.79. The van der Waals surface area contributed by atoms with E-state index in [1.807, 2.05) is 0 Å². The van der Waals surface area contributed by atoms with Gasteiger partial charge in [0, 0.05) is 24.5 Å². The molecule has 1 fully saturated rings. The Morgan fingerprint density at radius 2 is 2.31 bits per heavy atom. The number of halogens is 1. The van der Waals surface area contributed by atoms with Crippen molar-refractivity contribution in [3.05, 3.63) is 0 Å². The zero-order valence-corrected chi connectivity index (χ0v) is 10.4. The van der Waals surface area contributed by atoms with Gasteiger partial charge in [0.25, 0.3) is 0 Å². The van der Waals surface area contributed by atoms with E-state index in [-0.39, 0.29) is 0 Å². The van der Waals surface area contributed by atoms with E-state index < -0.39 is 0 Å². The number of alkyl halides is 1. The van der Waals surface area contributed by atoms with Crippen LogP contribution in [-0.4, -0.2) is 42.6 Å². The number of ether oxygens (including phenoxy) is 1. The highest BCUT2D eigenvalue weighted by atomic mass is 79.9. The van der Waals surface area contributed by atoms with Crippen molar-refractivity contribution in [3.8, 4) is 0 Å². The second-order valence-corrected chi connectivity index (χ2v) is 5.26. The molecule has 1 aliphatic heterocycles. The van der Waals surface area contributed by atoms with Crippen LogP contribution in [0.5, 0.6) is 0 Å². The third-order valence-corrected chi connectivity index (χ3v) is 4.12. The summed E-state index contributed by atoms with van der Waals surface area (Å²) >= 11 is 3.73. The van der Waals surface area contributed by atoms with Crippen LogP contribution >= 0.6 is 15.9 Å². The fraction of sp³-hybridized carbons (Fsp3) is 1.00. The lowest BCUT2D eigenvalue weighted by atomic mass is 9.98. The molecule has 1 aliphatic rings. The Bertz CT molecular complexity index is 154. The highest BCUT2D eigenvalue weighted by Crippen LogP contribution is 2.24. The number of methoxy groups -OCH3 is 1. The van der Waals surface area contributed by atoms with Crippen LogP contribution in [0.2, 0.25) is 0 Å². The summed E-state index contributed by atoms with van der Waals surface area (Å²) in [5.41, 5.74) is 0. The van der Waals surface area contributed by atoms with E-state index in [4.69, 9.17) is 4.74 Å². The molecule has 0 aromatic rings. The second kappa shape index (κ2) is 5.32. The molecule has 0 aromatic carbocycles. The van der Waals surface area contributed by atoms with Gasteiger partial charge in [-0.15, -0.1) is 0 Å². The molecule has 0 aliphatic carbocycles. The molecule has 0 aromatic heterocycles. The lowest BCUT2D eigenvalue weighted by molar-refractivity contribution is 0.0792. The van der Waals surface area contributed by atoms with Crippen LogP contribution in [0.3, 0.4) is 0 Å². The van der Waals surface area contributed by atoms with E-state index >= 15 is 0 Å². The maximum absolute atomic E-state index is 5.16. The van der Waals surface area contributed by atoms with E-state index in [9.17, 15) is 0 Å². The van der Waals surface area contributed by atoms with Gasteiger partial charge in [-0.3, -0.25) is 4.90 Å². The van der Waals surface area contributed by atoms with Gasteiger partial charge in [-0.25, -0.2) is 0 Å². The van der Waals surface area contributed by atoms with Crippen molar-refractivity contribution in [3.63, 3.8) is 0 Å². The van der Waals surface area contributed by atoms with E-state index in [1.54, 1.807) is 7.11 Å². The van der Waals surface area contributed by atoms with Crippen molar-refractivity contribution >= 4 is 15.9 Å². The first-order valence-corrected chi connectivity index (χ1v) is 5.93. The maximum Gasteiger partial charge on any atom is 0.0615 e. The first-order chi connectivity index (χ1) is 6.15. The van der Waals surface area contributed by atoms with Gasteiger partial charge in [0.15, 0.2) is 0 Å². The fourth-order valence-electron chi connectivity index (χ4n) is 1.79. The summed E-state index contributed by atoms with van der Waals surface area (Å²) in [7, 11) is 1.77. The minimum atomic E-state index is 0.553. The van der Waals surface area contributed by atoms with Crippen LogP contribution in [0.1, 0.15) is 20.3 Å². The van der Waals surface area contributed by atoms with Crippen LogP contribution in [0.25, 0.3) is 0 Å². The molecular formula is C10H20BrNO. The molecular weight excluding hydrogens is 230 g/mol. The van der Waals surface area contributed by atoms with Crippen molar-refractivity contribution < 1.29 is 4.74 Å². The van der Waals surface area contributed by atoms with Crippen molar-refractivity contribution in [2.75, 3.05) is 26.8 Å². The van der Waals surface area contributed by atoms with Crippen molar-refractivity contribution in [1.82, 2.24) is 4.90 Å². The van der Waals surface area contributed by atoms with Crippen molar-refractivity contribution in [2.45, 2.75) is 31.1 Å². The summed E-state index contributed by atoms with van der Waals surface area (Å²) in [6, 6.07) is 0.553. The standard InChI is InChI=1S/C10H20BrNO/c1-8-4-5-12(6-10(8)11)9(2)7-13-3/h8-10H,4-7H2,1-3H3. The lowest BCUT2D eigenvalue weighted by Crippen LogP contribution is -2.46. The Morgan fingerprint density at radius 1 is 1.62 bits per heavy atom. The van der Waals surface area contributed by atoms with Crippen LogP contribution < -0.4 is 0 Å². The Labute approximate surface area is 89.8 Å². The molecule has 3 unspecified atom stereocenters. The summed E-state index contributed by atoms with van der Waals surface area (Å²) in [4.78, 5) is 3.16. The summed E-state index contributed by atoms with van der Waals surface area (Å²) < 4.78 is 5.16. The molecule has 2 nitrogen and oxygen atoms in total. The Morgan fingerprint density at radius 3 is 2.85 bits per heavy atom. The van der Waals surface area contributed by atoms with Crippen molar-refractivity contribution in [2.24, 2.45) is 5.92 Å². The molecule has 0 amide bonds. The molecule has 0 saturated carbocycles. The minimum Gasteiger partial charge on any atom is -0.383 e. The van der Waals surface area contributed by atoms with Gasteiger partial charge in [0.2, 0.25) is 0 Å². The summed E-state index contributed by atoms with van der Waals surface area (Å²) in [6.45, 7) is 7.77. The molecule has 0 spiro atoms. The molecule has 3 atom stereocenters. The molecule has 1 rings (SSSR count). The van der Waals surface area contributed by atoms with Crippen molar-refractivity contribution in [1.29, 1.82) is 0 Å². The van der Waals surface area contributed by atoms with Gasteiger partial charge in [-0.1, -0.05) is 22.9 Å². The van der Waals surface area contributed by atoms with Gasteiger partial charge in [-0.05, 0) is 25.8 Å². The Balaban J connectivity index is 2.36. The average Bonchev–Trinajstić information content (AvgIpc) is 2.10. The van der Waals surface area contributed by atoms with Crippen LogP contribution in [0.4, 0.5) is 0 Å². The van der Waals surface area contributed by atoms with E-state index in [0.717, 1.165) is 19.1 Å². The molecule has 0 bridgehead atoms. The zero-order chi connectivity index (χ0) is 9.84. The normalized spacial score (nSPS) is 33.2. The number of likely N-dealkylation sites (tertiary alicyclic amines) is 1. The third-order valence-electron chi connectivity index (χ3n) is 2.93. The number of hydrogen-bond donors (Lipinski definition) is 0. The predicted molar refractivity (Wildman–Crippen MR) is 59.4 cm³/mol. The monoisotopic (exact) mass is 249 g/mol. The van der Waals surface area contributed by atoms with E-state index in [0.29, 0.717) is 10.9 Å². The topological polar surface area (TPSA) is 12.5 Å². The van der Waals surface area contributed by atoms with E-state index in [2.05, 4.69) is 34.7 Å². The molecule has 1 heterocycles. The Hall–Kier alpha value is 0.400. The number of hydrogen-bond acceptors (Lipinski definition) is 2. The quantitative estimate of drug-likeness (QED) is 0.711. The van der Waals surface area contributed by atoms with Gasteiger partial charge in [0.05, 0.1) is 6.61 Å². The van der Waals surface area contributed by atoms with E-state index in [1.165, 1.54) is 13.0 Å². The first-order valence-electron chi connectivity index (χ1n) is 5.02. The molecule has 78 valence electrons. The second-order valence-electron chi connectivity index (χ2n) is 4.08. The minimum absolute atomic E-state index is 0.553. The smallest absolute Gasteiger partial charge is 0.0615 e. The molecule has 1 saturated heterocycles. The summed E-state index contributed by atoms with van der Waals surface area (Å²) in [5.74, 6) is 0.811. The number of rotatable bonds is 3. The average molecular weight is 250 g/mol. The largest absolute Gasteiger partial charge is 0.383 e. The summed E-state index contributed by atoms with van der Waals surface area (Å²) in [6.07, 6.45) is 1.30. The van der Waals surface area contributed by atoms with Gasteiger partial charge in [0.1, 0.15) is 0 Å². The maximum atomic E-state index is 5.16. The third kappa shape index (κ3) is 3.22. The van der Waals surface area contributed by atoms with Gasteiger partial charge >= 0.3 is 0 Å². The van der Waals surface area contributed by atoms with Crippen LogP contribution in [0.15, 0.2) is 0 Å². The lowest BCUT2D eigenvalue weighted by Gasteiger charge is -2.37. The number of nitrogens with zero attached hydrogens (tertiary/aromatic N) is 1. The van der Waals surface area contributed by atoms with Gasteiger partial charge in [-0.2, -0.15) is 0 Å². The molecule has 3 heteroatoms.